The Bertz CT molecular complexity index is 1500. The lowest BCUT2D eigenvalue weighted by Gasteiger charge is -2.22. The molecule has 0 heterocycles. The van der Waals surface area contributed by atoms with Gasteiger partial charge in [-0.3, -0.25) is 9.52 Å². The molecule has 212 valence electrons. The summed E-state index contributed by atoms with van der Waals surface area (Å²) in [5, 5.41) is 0.184. The predicted molar refractivity (Wildman–Crippen MR) is 153 cm³/mol. The van der Waals surface area contributed by atoms with E-state index in [0.717, 1.165) is 12.8 Å². The number of methoxy groups -OCH3 is 2. The van der Waals surface area contributed by atoms with Crippen LogP contribution in [-0.2, 0) is 14.8 Å². The first-order chi connectivity index (χ1) is 19.1. The minimum Gasteiger partial charge on any atom is -0.495 e. The summed E-state index contributed by atoms with van der Waals surface area (Å²) >= 11 is 6.18. The lowest BCUT2D eigenvalue weighted by Crippen LogP contribution is -2.17. The number of carbonyl (C=O) groups excluding carboxylic acids is 2. The fourth-order valence-electron chi connectivity index (χ4n) is 4.83. The topological polar surface area (TPSA) is 108 Å². The maximum Gasteiger partial charge on any atom is 0.338 e. The van der Waals surface area contributed by atoms with Crippen LogP contribution in [0.5, 0.6) is 11.5 Å². The molecular weight excluding hydrogens is 554 g/mol. The zero-order chi connectivity index (χ0) is 28.9. The van der Waals surface area contributed by atoms with Crippen molar-refractivity contribution in [2.45, 2.75) is 49.8 Å². The van der Waals surface area contributed by atoms with E-state index >= 15 is 0 Å². The molecule has 3 aromatic carbocycles. The van der Waals surface area contributed by atoms with Crippen LogP contribution in [0.15, 0.2) is 59.5 Å². The van der Waals surface area contributed by atoms with Crippen molar-refractivity contribution in [2.75, 3.05) is 25.5 Å². The van der Waals surface area contributed by atoms with Gasteiger partial charge in [0.15, 0.2) is 12.4 Å². The number of esters is 1. The largest absolute Gasteiger partial charge is 0.495 e. The highest BCUT2D eigenvalue weighted by Crippen LogP contribution is 2.37. The van der Waals surface area contributed by atoms with Crippen LogP contribution in [0.4, 0.5) is 5.69 Å². The van der Waals surface area contributed by atoms with E-state index in [1.807, 2.05) is 12.1 Å². The van der Waals surface area contributed by atoms with Crippen molar-refractivity contribution in [3.05, 3.63) is 81.9 Å². The summed E-state index contributed by atoms with van der Waals surface area (Å²) in [5.74, 6) is -0.109. The van der Waals surface area contributed by atoms with E-state index in [1.165, 1.54) is 69.4 Å². The van der Waals surface area contributed by atoms with Crippen LogP contribution in [0.1, 0.15) is 69.9 Å². The standard InChI is InChI=1S/C30H32ClNO7S/c1-19-9-10-23(15-29(19)40(35,36)32-25-16-24(31)27(37-2)17-28(25)38-3)30(34)39-18-26(33)22-13-11-21(12-14-22)20-7-5-4-6-8-20/h9-17,20,32H,4-8,18H2,1-3H3. The van der Waals surface area contributed by atoms with Gasteiger partial charge < -0.3 is 14.2 Å². The third-order valence-corrected chi connectivity index (χ3v) is 8.88. The maximum absolute atomic E-state index is 13.3. The van der Waals surface area contributed by atoms with E-state index in [2.05, 4.69) is 4.72 Å². The number of anilines is 1. The fraction of sp³-hybridized carbons (Fsp3) is 0.333. The molecular formula is C30H32ClNO7S. The SMILES string of the molecule is COc1cc(OC)c(NS(=O)(=O)c2cc(C(=O)OCC(=O)c3ccc(C4CCCCC4)cc3)ccc2C)cc1Cl. The van der Waals surface area contributed by atoms with Crippen molar-refractivity contribution in [3.8, 4) is 11.5 Å². The molecule has 0 aliphatic heterocycles. The van der Waals surface area contributed by atoms with Crippen LogP contribution >= 0.6 is 11.6 Å². The quantitative estimate of drug-likeness (QED) is 0.212. The Kier molecular flexibility index (Phi) is 9.37. The molecule has 40 heavy (non-hydrogen) atoms. The molecule has 0 bridgehead atoms. The van der Waals surface area contributed by atoms with Crippen LogP contribution in [0.25, 0.3) is 0 Å². The highest BCUT2D eigenvalue weighted by atomic mass is 35.5. The Morgan fingerprint density at radius 1 is 0.900 bits per heavy atom. The number of carbonyl (C=O) groups is 2. The lowest BCUT2D eigenvalue weighted by molar-refractivity contribution is 0.0474. The normalized spacial score (nSPS) is 13.9. The van der Waals surface area contributed by atoms with Gasteiger partial charge in [0.1, 0.15) is 11.5 Å². The number of sulfonamides is 1. The first-order valence-corrected chi connectivity index (χ1v) is 14.8. The Labute approximate surface area is 239 Å². The van der Waals surface area contributed by atoms with E-state index in [4.69, 9.17) is 25.8 Å². The van der Waals surface area contributed by atoms with Gasteiger partial charge >= 0.3 is 5.97 Å². The molecule has 1 fully saturated rings. The molecule has 4 rings (SSSR count). The van der Waals surface area contributed by atoms with E-state index in [-0.39, 0.29) is 32.7 Å². The number of hydrogen-bond donors (Lipinski definition) is 1. The minimum atomic E-state index is -4.16. The molecule has 1 aliphatic carbocycles. The van der Waals surface area contributed by atoms with Crippen molar-refractivity contribution in [1.29, 1.82) is 0 Å². The van der Waals surface area contributed by atoms with Crippen molar-refractivity contribution < 1.29 is 32.2 Å². The highest BCUT2D eigenvalue weighted by molar-refractivity contribution is 7.92. The number of Topliss-reactive ketones (excluding diaryl/α,β-unsaturated/α-hetero) is 1. The molecule has 0 amide bonds. The number of rotatable bonds is 10. The van der Waals surface area contributed by atoms with Crippen molar-refractivity contribution in [3.63, 3.8) is 0 Å². The zero-order valence-corrected chi connectivity index (χ0v) is 24.2. The highest BCUT2D eigenvalue weighted by Gasteiger charge is 2.23. The monoisotopic (exact) mass is 585 g/mol. The average Bonchev–Trinajstić information content (AvgIpc) is 2.96. The molecule has 0 aromatic heterocycles. The molecule has 10 heteroatoms. The first kappa shape index (κ1) is 29.4. The van der Waals surface area contributed by atoms with E-state index < -0.39 is 22.6 Å². The van der Waals surface area contributed by atoms with Gasteiger partial charge in [0.05, 0.1) is 35.4 Å². The molecule has 8 nitrogen and oxygen atoms in total. The van der Waals surface area contributed by atoms with Gasteiger partial charge in [-0.2, -0.15) is 0 Å². The Morgan fingerprint density at radius 3 is 2.20 bits per heavy atom. The number of nitrogens with one attached hydrogen (secondary N) is 1. The Morgan fingerprint density at radius 2 is 1.55 bits per heavy atom. The molecule has 0 atom stereocenters. The summed E-state index contributed by atoms with van der Waals surface area (Å²) in [6, 6.07) is 14.5. The third-order valence-electron chi connectivity index (χ3n) is 7.08. The average molecular weight is 586 g/mol. The number of hydrogen-bond acceptors (Lipinski definition) is 7. The molecule has 3 aromatic rings. The number of ether oxygens (including phenoxy) is 3. The summed E-state index contributed by atoms with van der Waals surface area (Å²) in [4.78, 5) is 25.3. The smallest absolute Gasteiger partial charge is 0.338 e. The van der Waals surface area contributed by atoms with Gasteiger partial charge in [-0.05, 0) is 55.0 Å². The second kappa shape index (κ2) is 12.7. The molecule has 0 spiro atoms. The van der Waals surface area contributed by atoms with Gasteiger partial charge in [-0.1, -0.05) is 61.2 Å². The van der Waals surface area contributed by atoms with Crippen LogP contribution in [0, 0.1) is 6.92 Å². The number of aryl methyl sites for hydroxylation is 1. The van der Waals surface area contributed by atoms with Crippen LogP contribution < -0.4 is 14.2 Å². The second-order valence-corrected chi connectivity index (χ2v) is 11.8. The summed E-state index contributed by atoms with van der Waals surface area (Å²) < 4.78 is 44.7. The summed E-state index contributed by atoms with van der Waals surface area (Å²) in [5.41, 5.74) is 2.17. The van der Waals surface area contributed by atoms with Crippen molar-refractivity contribution in [1.82, 2.24) is 0 Å². The minimum absolute atomic E-state index is 0.00819. The number of halogens is 1. The van der Waals surface area contributed by atoms with Crippen molar-refractivity contribution in [2.24, 2.45) is 0 Å². The van der Waals surface area contributed by atoms with Gasteiger partial charge in [0.2, 0.25) is 0 Å². The van der Waals surface area contributed by atoms with Crippen LogP contribution in [-0.4, -0.2) is 41.0 Å². The van der Waals surface area contributed by atoms with Gasteiger partial charge in [-0.15, -0.1) is 0 Å². The van der Waals surface area contributed by atoms with Crippen LogP contribution in [0.3, 0.4) is 0 Å². The number of benzene rings is 3. The van der Waals surface area contributed by atoms with E-state index in [1.54, 1.807) is 19.1 Å². The zero-order valence-electron chi connectivity index (χ0n) is 22.7. The van der Waals surface area contributed by atoms with Crippen molar-refractivity contribution >= 4 is 39.1 Å². The summed E-state index contributed by atoms with van der Waals surface area (Å²) in [6.07, 6.45) is 6.05. The molecule has 1 saturated carbocycles. The number of ketones is 1. The fourth-order valence-corrected chi connectivity index (χ4v) is 6.40. The van der Waals surface area contributed by atoms with Gasteiger partial charge in [0, 0.05) is 11.6 Å². The lowest BCUT2D eigenvalue weighted by atomic mass is 9.84. The molecule has 0 unspecified atom stereocenters. The molecule has 1 N–H and O–H groups in total. The molecule has 0 radical (unpaired) electrons. The van der Waals surface area contributed by atoms with E-state index in [9.17, 15) is 18.0 Å². The maximum atomic E-state index is 13.3. The van der Waals surface area contributed by atoms with E-state index in [0.29, 0.717) is 22.8 Å². The Balaban J connectivity index is 1.45. The second-order valence-electron chi connectivity index (χ2n) is 9.73. The summed E-state index contributed by atoms with van der Waals surface area (Å²) in [7, 11) is -1.35. The van der Waals surface area contributed by atoms with Crippen LogP contribution in [0.2, 0.25) is 5.02 Å². The van der Waals surface area contributed by atoms with Gasteiger partial charge in [-0.25, -0.2) is 13.2 Å². The summed E-state index contributed by atoms with van der Waals surface area (Å²) in [6.45, 7) is 1.14. The third kappa shape index (κ3) is 6.77. The molecule has 1 aliphatic rings. The Hall–Kier alpha value is -3.56. The predicted octanol–water partition coefficient (Wildman–Crippen LogP) is 6.55. The first-order valence-electron chi connectivity index (χ1n) is 13.0. The van der Waals surface area contributed by atoms with Gasteiger partial charge in [0.25, 0.3) is 10.0 Å². The molecule has 0 saturated heterocycles.